The lowest BCUT2D eigenvalue weighted by atomic mass is 9.85. The second-order valence-electron chi connectivity index (χ2n) is 8.88. The molecule has 2 aromatic rings. The molecule has 0 bridgehead atoms. The van der Waals surface area contributed by atoms with E-state index in [0.717, 1.165) is 68.3 Å². The Morgan fingerprint density at radius 2 is 1.29 bits per heavy atom. The Morgan fingerprint density at radius 3 is 1.68 bits per heavy atom. The van der Waals surface area contributed by atoms with Crippen LogP contribution in [0.4, 0.5) is 0 Å². The van der Waals surface area contributed by atoms with Crippen molar-refractivity contribution < 1.29 is 0 Å². The normalized spacial score (nSPS) is 20.4. The SMILES string of the molecule is CN1CCC=C(c2n[nH]cc2C(CS)CC(CS)c2c[nH]nc2C2=CCCN(C)C2)C1. The quantitative estimate of drug-likeness (QED) is 0.456. The third kappa shape index (κ3) is 5.13. The molecule has 8 heteroatoms. The van der Waals surface area contributed by atoms with Gasteiger partial charge in [0.2, 0.25) is 0 Å². The first-order valence-corrected chi connectivity index (χ1v) is 12.4. The van der Waals surface area contributed by atoms with Crippen molar-refractivity contribution in [3.8, 4) is 0 Å². The van der Waals surface area contributed by atoms with E-state index >= 15 is 0 Å². The van der Waals surface area contributed by atoms with Gasteiger partial charge in [0, 0.05) is 49.7 Å². The second kappa shape index (κ2) is 10.4. The van der Waals surface area contributed by atoms with Crippen LogP contribution in [0.3, 0.4) is 0 Å². The van der Waals surface area contributed by atoms with E-state index < -0.39 is 0 Å². The molecule has 0 saturated heterocycles. The summed E-state index contributed by atoms with van der Waals surface area (Å²) in [5.41, 5.74) is 7.38. The van der Waals surface area contributed by atoms with Crippen molar-refractivity contribution >= 4 is 36.4 Å². The molecular weight excluding hydrogens is 424 g/mol. The number of nitrogens with zero attached hydrogens (tertiary/aromatic N) is 4. The van der Waals surface area contributed by atoms with Gasteiger partial charge < -0.3 is 9.80 Å². The summed E-state index contributed by atoms with van der Waals surface area (Å²) in [7, 11) is 4.34. The first kappa shape index (κ1) is 22.7. The smallest absolute Gasteiger partial charge is 0.0925 e. The van der Waals surface area contributed by atoms with E-state index in [9.17, 15) is 0 Å². The Kier molecular flexibility index (Phi) is 7.63. The van der Waals surface area contributed by atoms with Crippen molar-refractivity contribution in [3.05, 3.63) is 47.1 Å². The lowest BCUT2D eigenvalue weighted by Crippen LogP contribution is -2.26. The van der Waals surface area contributed by atoms with Crippen LogP contribution in [0.1, 0.15) is 53.6 Å². The highest BCUT2D eigenvalue weighted by atomic mass is 32.1. The fraction of sp³-hybridized carbons (Fsp3) is 0.565. The summed E-state index contributed by atoms with van der Waals surface area (Å²) in [6, 6.07) is 0. The minimum absolute atomic E-state index is 0.299. The molecule has 0 spiro atoms. The van der Waals surface area contributed by atoms with Crippen LogP contribution < -0.4 is 0 Å². The molecule has 4 rings (SSSR count). The van der Waals surface area contributed by atoms with Gasteiger partial charge in [-0.3, -0.25) is 10.2 Å². The lowest BCUT2D eigenvalue weighted by Gasteiger charge is -2.26. The maximum Gasteiger partial charge on any atom is 0.0925 e. The van der Waals surface area contributed by atoms with Crippen molar-refractivity contribution in [2.75, 3.05) is 51.8 Å². The molecule has 2 unspecified atom stereocenters. The summed E-state index contributed by atoms with van der Waals surface area (Å²) >= 11 is 9.49. The molecule has 6 nitrogen and oxygen atoms in total. The fourth-order valence-electron chi connectivity index (χ4n) is 4.81. The van der Waals surface area contributed by atoms with E-state index in [1.54, 1.807) is 0 Å². The zero-order valence-corrected chi connectivity index (χ0v) is 20.3. The zero-order chi connectivity index (χ0) is 21.8. The number of thiol groups is 2. The number of nitrogens with one attached hydrogen (secondary N) is 2. The molecule has 0 aromatic carbocycles. The predicted molar refractivity (Wildman–Crippen MR) is 135 cm³/mol. The van der Waals surface area contributed by atoms with Gasteiger partial charge in [-0.1, -0.05) is 12.2 Å². The molecule has 2 aliphatic rings. The van der Waals surface area contributed by atoms with E-state index in [0.29, 0.717) is 11.8 Å². The highest BCUT2D eigenvalue weighted by molar-refractivity contribution is 7.80. The third-order valence-electron chi connectivity index (χ3n) is 6.52. The van der Waals surface area contributed by atoms with Crippen LogP contribution in [0.2, 0.25) is 0 Å². The van der Waals surface area contributed by atoms with E-state index in [1.807, 2.05) is 0 Å². The molecule has 0 amide bonds. The monoisotopic (exact) mass is 458 g/mol. The van der Waals surface area contributed by atoms with Crippen molar-refractivity contribution in [2.24, 2.45) is 0 Å². The molecule has 2 aliphatic heterocycles. The van der Waals surface area contributed by atoms with Crippen LogP contribution in [-0.4, -0.2) is 82.0 Å². The van der Waals surface area contributed by atoms with Crippen LogP contribution in [0.15, 0.2) is 24.5 Å². The Balaban J connectivity index is 1.57. The third-order valence-corrected chi connectivity index (χ3v) is 7.40. The standard InChI is InChI=1S/C23H34N6S2/c1-28-7-3-5-16(12-28)22-20(10-24-26-22)18(14-30)9-19(15-31)21-11-25-27-23(21)17-6-4-8-29(2)13-17/h5-6,10-11,18-19,30-31H,3-4,7-9,12-15H2,1-2H3,(H,24,26)(H,25,27). The van der Waals surface area contributed by atoms with Crippen molar-refractivity contribution in [3.63, 3.8) is 0 Å². The molecule has 2 N–H and O–H groups in total. The first-order chi connectivity index (χ1) is 15.1. The fourth-order valence-corrected chi connectivity index (χ4v) is 5.50. The van der Waals surface area contributed by atoms with Gasteiger partial charge in [0.05, 0.1) is 11.4 Å². The van der Waals surface area contributed by atoms with Gasteiger partial charge in [-0.2, -0.15) is 35.5 Å². The first-order valence-electron chi connectivity index (χ1n) is 11.2. The van der Waals surface area contributed by atoms with Gasteiger partial charge in [0.1, 0.15) is 0 Å². The Morgan fingerprint density at radius 1 is 0.839 bits per heavy atom. The summed E-state index contributed by atoms with van der Waals surface area (Å²) in [5, 5.41) is 15.5. The summed E-state index contributed by atoms with van der Waals surface area (Å²) in [6.45, 7) is 4.10. The van der Waals surface area contributed by atoms with Crippen molar-refractivity contribution in [2.45, 2.75) is 31.1 Å². The Bertz CT molecular complexity index is 856. The maximum absolute atomic E-state index is 4.74. The highest BCUT2D eigenvalue weighted by Gasteiger charge is 2.27. The van der Waals surface area contributed by atoms with Crippen molar-refractivity contribution in [1.82, 2.24) is 30.2 Å². The minimum Gasteiger partial charge on any atom is -0.302 e. The highest BCUT2D eigenvalue weighted by Crippen LogP contribution is 2.37. The Labute approximate surface area is 196 Å². The summed E-state index contributed by atoms with van der Waals surface area (Å²) in [4.78, 5) is 4.71. The molecule has 2 aromatic heterocycles. The molecule has 2 atom stereocenters. The molecule has 168 valence electrons. The van der Waals surface area contributed by atoms with Gasteiger partial charge in [0.25, 0.3) is 0 Å². The van der Waals surface area contributed by atoms with E-state index in [-0.39, 0.29) is 0 Å². The summed E-state index contributed by atoms with van der Waals surface area (Å²) in [5.74, 6) is 2.15. The average Bonchev–Trinajstić information content (AvgIpc) is 3.45. The predicted octanol–water partition coefficient (Wildman–Crippen LogP) is 3.69. The maximum atomic E-state index is 4.74. The molecule has 0 fully saturated rings. The van der Waals surface area contributed by atoms with Gasteiger partial charge in [-0.25, -0.2) is 0 Å². The molecule has 4 heterocycles. The molecule has 31 heavy (non-hydrogen) atoms. The second-order valence-corrected chi connectivity index (χ2v) is 9.62. The zero-order valence-electron chi connectivity index (χ0n) is 18.5. The number of likely N-dealkylation sites (N-methyl/N-ethyl adjacent to an activating group) is 2. The topological polar surface area (TPSA) is 63.8 Å². The molecule has 0 radical (unpaired) electrons. The van der Waals surface area contributed by atoms with Crippen molar-refractivity contribution in [1.29, 1.82) is 0 Å². The minimum atomic E-state index is 0.299. The molecular formula is C23H34N6S2. The number of aromatic nitrogens is 4. The Hall–Kier alpha value is -1.48. The van der Waals surface area contributed by atoms with Gasteiger partial charge in [-0.05, 0) is 67.8 Å². The average molecular weight is 459 g/mol. The number of aromatic amines is 2. The number of hydrogen-bond acceptors (Lipinski definition) is 6. The summed E-state index contributed by atoms with van der Waals surface area (Å²) < 4.78 is 0. The van der Waals surface area contributed by atoms with Crippen LogP contribution in [0.5, 0.6) is 0 Å². The summed E-state index contributed by atoms with van der Waals surface area (Å²) in [6.07, 6.45) is 11.9. The van der Waals surface area contributed by atoms with Crippen LogP contribution >= 0.6 is 25.3 Å². The van der Waals surface area contributed by atoms with Crippen LogP contribution in [0.25, 0.3) is 11.1 Å². The number of hydrogen-bond donors (Lipinski definition) is 4. The van der Waals surface area contributed by atoms with Crippen LogP contribution in [-0.2, 0) is 0 Å². The van der Waals surface area contributed by atoms with Gasteiger partial charge in [0.15, 0.2) is 0 Å². The number of rotatable bonds is 8. The van der Waals surface area contributed by atoms with E-state index in [1.165, 1.54) is 22.3 Å². The lowest BCUT2D eigenvalue weighted by molar-refractivity contribution is 0.372. The number of H-pyrrole nitrogens is 2. The van der Waals surface area contributed by atoms with Crippen LogP contribution in [0, 0.1) is 0 Å². The molecule has 0 aliphatic carbocycles. The molecule has 0 saturated carbocycles. The van der Waals surface area contributed by atoms with Gasteiger partial charge >= 0.3 is 0 Å². The van der Waals surface area contributed by atoms with E-state index in [2.05, 4.69) is 68.8 Å². The van der Waals surface area contributed by atoms with Gasteiger partial charge in [-0.15, -0.1) is 0 Å². The van der Waals surface area contributed by atoms with E-state index in [4.69, 9.17) is 25.3 Å². The largest absolute Gasteiger partial charge is 0.302 e.